The van der Waals surface area contributed by atoms with Crippen molar-refractivity contribution in [3.63, 3.8) is 0 Å². The van der Waals surface area contributed by atoms with Crippen molar-refractivity contribution in [2.24, 2.45) is 0 Å². The van der Waals surface area contributed by atoms with Gasteiger partial charge in [0.05, 0.1) is 24.2 Å². The van der Waals surface area contributed by atoms with E-state index in [0.29, 0.717) is 23.9 Å². The fraction of sp³-hybridized carbons (Fsp3) is 0.278. The lowest BCUT2D eigenvalue weighted by Gasteiger charge is -2.16. The van der Waals surface area contributed by atoms with Crippen molar-refractivity contribution in [2.45, 2.75) is 13.0 Å². The summed E-state index contributed by atoms with van der Waals surface area (Å²) in [5.41, 5.74) is 0.213. The lowest BCUT2D eigenvalue weighted by molar-refractivity contribution is -0.384. The van der Waals surface area contributed by atoms with E-state index < -0.39 is 10.9 Å². The molecule has 0 heterocycles. The first-order chi connectivity index (χ1) is 12.4. The summed E-state index contributed by atoms with van der Waals surface area (Å²) in [6.07, 6.45) is -0.236. The minimum atomic E-state index is -0.539. The van der Waals surface area contributed by atoms with Crippen LogP contribution >= 0.6 is 0 Å². The maximum Gasteiger partial charge on any atom is 0.338 e. The SMILES string of the molecule is COCC(C)Oc1cc(Oc2ccc([N+](=O)[O-])cc2)cc(C(=O)OC)c1. The molecule has 0 aliphatic rings. The largest absolute Gasteiger partial charge is 0.488 e. The molecule has 26 heavy (non-hydrogen) atoms. The van der Waals surface area contributed by atoms with Gasteiger partial charge < -0.3 is 18.9 Å². The van der Waals surface area contributed by atoms with Crippen LogP contribution in [0.3, 0.4) is 0 Å². The van der Waals surface area contributed by atoms with Crippen molar-refractivity contribution >= 4 is 11.7 Å². The highest BCUT2D eigenvalue weighted by Crippen LogP contribution is 2.29. The summed E-state index contributed by atoms with van der Waals surface area (Å²) < 4.78 is 21.2. The van der Waals surface area contributed by atoms with E-state index in [1.165, 1.54) is 37.4 Å². The van der Waals surface area contributed by atoms with Gasteiger partial charge in [0.2, 0.25) is 0 Å². The predicted octanol–water partition coefficient (Wildman–Crippen LogP) is 3.59. The maximum absolute atomic E-state index is 11.9. The van der Waals surface area contributed by atoms with Crippen LogP contribution in [0.1, 0.15) is 17.3 Å². The van der Waals surface area contributed by atoms with Gasteiger partial charge in [-0.15, -0.1) is 0 Å². The number of nitro groups is 1. The predicted molar refractivity (Wildman–Crippen MR) is 92.9 cm³/mol. The summed E-state index contributed by atoms with van der Waals surface area (Å²) in [6, 6.07) is 10.3. The lowest BCUT2D eigenvalue weighted by atomic mass is 10.2. The van der Waals surface area contributed by atoms with Gasteiger partial charge in [-0.2, -0.15) is 0 Å². The molecular formula is C18H19NO7. The number of hydrogen-bond donors (Lipinski definition) is 0. The van der Waals surface area contributed by atoms with Crippen LogP contribution in [0.2, 0.25) is 0 Å². The average Bonchev–Trinajstić information content (AvgIpc) is 2.61. The standard InChI is InChI=1S/C18H19NO7/c1-12(11-23-2)25-16-8-13(18(20)24-3)9-17(10-16)26-15-6-4-14(5-7-15)19(21)22/h4-10,12H,11H2,1-3H3. The zero-order valence-electron chi connectivity index (χ0n) is 14.6. The minimum absolute atomic E-state index is 0.0434. The highest BCUT2D eigenvalue weighted by Gasteiger charge is 2.13. The molecule has 0 bridgehead atoms. The third-order valence-electron chi connectivity index (χ3n) is 3.32. The van der Waals surface area contributed by atoms with E-state index in [1.54, 1.807) is 19.2 Å². The van der Waals surface area contributed by atoms with Crippen LogP contribution in [0.25, 0.3) is 0 Å². The molecular weight excluding hydrogens is 342 g/mol. The van der Waals surface area contributed by atoms with Crippen LogP contribution in [-0.4, -0.2) is 37.8 Å². The highest BCUT2D eigenvalue weighted by molar-refractivity contribution is 5.90. The zero-order chi connectivity index (χ0) is 19.1. The Morgan fingerprint density at radius 2 is 1.73 bits per heavy atom. The van der Waals surface area contributed by atoms with Crippen LogP contribution in [-0.2, 0) is 9.47 Å². The quantitative estimate of drug-likeness (QED) is 0.402. The molecule has 0 spiro atoms. The van der Waals surface area contributed by atoms with E-state index in [-0.39, 0.29) is 17.4 Å². The normalized spacial score (nSPS) is 11.5. The molecule has 1 atom stereocenters. The summed E-state index contributed by atoms with van der Waals surface area (Å²) >= 11 is 0. The molecule has 0 fully saturated rings. The van der Waals surface area contributed by atoms with Crippen molar-refractivity contribution < 1.29 is 28.7 Å². The minimum Gasteiger partial charge on any atom is -0.488 e. The maximum atomic E-state index is 11.9. The molecule has 0 N–H and O–H groups in total. The topological polar surface area (TPSA) is 97.1 Å². The summed E-state index contributed by atoms with van der Waals surface area (Å²) in [7, 11) is 2.84. The Kier molecular flexibility index (Phi) is 6.51. The van der Waals surface area contributed by atoms with Crippen molar-refractivity contribution in [3.8, 4) is 17.2 Å². The van der Waals surface area contributed by atoms with Crippen LogP contribution in [0.4, 0.5) is 5.69 Å². The number of methoxy groups -OCH3 is 2. The molecule has 0 saturated carbocycles. The first kappa shape index (κ1) is 19.2. The first-order valence-electron chi connectivity index (χ1n) is 7.74. The number of rotatable bonds is 8. The molecule has 8 nitrogen and oxygen atoms in total. The molecule has 8 heteroatoms. The van der Waals surface area contributed by atoms with Gasteiger partial charge in [-0.25, -0.2) is 4.79 Å². The van der Waals surface area contributed by atoms with Crippen LogP contribution in [0.5, 0.6) is 17.2 Å². The van der Waals surface area contributed by atoms with Gasteiger partial charge in [-0.1, -0.05) is 0 Å². The fourth-order valence-electron chi connectivity index (χ4n) is 2.21. The monoisotopic (exact) mass is 361 g/mol. The third-order valence-corrected chi connectivity index (χ3v) is 3.32. The first-order valence-corrected chi connectivity index (χ1v) is 7.74. The van der Waals surface area contributed by atoms with E-state index in [0.717, 1.165) is 0 Å². The molecule has 2 aromatic carbocycles. The molecule has 2 rings (SSSR count). The van der Waals surface area contributed by atoms with E-state index in [2.05, 4.69) is 0 Å². The molecule has 0 aliphatic heterocycles. The Balaban J connectivity index is 2.27. The van der Waals surface area contributed by atoms with Gasteiger partial charge in [-0.05, 0) is 31.2 Å². The Hall–Kier alpha value is -3.13. The molecule has 138 valence electrons. The molecule has 1 unspecified atom stereocenters. The summed E-state index contributed by atoms with van der Waals surface area (Å²) in [5, 5.41) is 10.7. The second kappa shape index (κ2) is 8.82. The number of non-ortho nitro benzene ring substituents is 1. The third kappa shape index (κ3) is 5.18. The molecule has 0 aliphatic carbocycles. The molecule has 2 aromatic rings. The molecule has 0 aromatic heterocycles. The van der Waals surface area contributed by atoms with Gasteiger partial charge in [-0.3, -0.25) is 10.1 Å². The van der Waals surface area contributed by atoms with Crippen molar-refractivity contribution in [3.05, 3.63) is 58.1 Å². The van der Waals surface area contributed by atoms with Gasteiger partial charge in [0.1, 0.15) is 23.4 Å². The Morgan fingerprint density at radius 3 is 2.31 bits per heavy atom. The number of ether oxygens (including phenoxy) is 4. The van der Waals surface area contributed by atoms with Crippen LogP contribution < -0.4 is 9.47 Å². The summed E-state index contributed by atoms with van der Waals surface area (Å²) in [6.45, 7) is 2.20. The smallest absolute Gasteiger partial charge is 0.338 e. The number of nitrogens with zero attached hydrogens (tertiary/aromatic N) is 1. The number of carbonyl (C=O) groups is 1. The van der Waals surface area contributed by atoms with Crippen LogP contribution in [0.15, 0.2) is 42.5 Å². The molecule has 0 saturated heterocycles. The van der Waals surface area contributed by atoms with Gasteiger partial charge >= 0.3 is 5.97 Å². The fourth-order valence-corrected chi connectivity index (χ4v) is 2.21. The van der Waals surface area contributed by atoms with Crippen molar-refractivity contribution in [2.75, 3.05) is 20.8 Å². The molecule has 0 amide bonds. The van der Waals surface area contributed by atoms with E-state index >= 15 is 0 Å². The van der Waals surface area contributed by atoms with Gasteiger partial charge in [0, 0.05) is 25.3 Å². The second-order valence-electron chi connectivity index (χ2n) is 5.42. The number of carbonyl (C=O) groups excluding carboxylic acids is 1. The van der Waals surface area contributed by atoms with Gasteiger partial charge in [0.15, 0.2) is 0 Å². The van der Waals surface area contributed by atoms with Crippen LogP contribution in [0, 0.1) is 10.1 Å². The second-order valence-corrected chi connectivity index (χ2v) is 5.42. The Morgan fingerprint density at radius 1 is 1.08 bits per heavy atom. The number of nitro benzene ring substituents is 1. The number of benzene rings is 2. The summed E-state index contributed by atoms with van der Waals surface area (Å²) in [5.74, 6) is 0.590. The Bertz CT molecular complexity index is 774. The molecule has 0 radical (unpaired) electrons. The number of esters is 1. The summed E-state index contributed by atoms with van der Waals surface area (Å²) in [4.78, 5) is 22.1. The van der Waals surface area contributed by atoms with E-state index in [4.69, 9.17) is 18.9 Å². The van der Waals surface area contributed by atoms with Crippen molar-refractivity contribution in [1.29, 1.82) is 0 Å². The van der Waals surface area contributed by atoms with Crippen molar-refractivity contribution in [1.82, 2.24) is 0 Å². The van der Waals surface area contributed by atoms with E-state index in [1.807, 2.05) is 6.92 Å². The lowest BCUT2D eigenvalue weighted by Crippen LogP contribution is -2.18. The zero-order valence-corrected chi connectivity index (χ0v) is 14.6. The number of hydrogen-bond acceptors (Lipinski definition) is 7. The van der Waals surface area contributed by atoms with E-state index in [9.17, 15) is 14.9 Å². The highest BCUT2D eigenvalue weighted by atomic mass is 16.6. The van der Waals surface area contributed by atoms with Gasteiger partial charge in [0.25, 0.3) is 5.69 Å². The average molecular weight is 361 g/mol. The Labute approximate surface area is 150 Å².